The molecule has 0 radical (unpaired) electrons. The molecule has 1 aromatic rings. The Labute approximate surface area is 81.3 Å². The molecule has 0 fully saturated rings. The molecule has 1 heterocycles. The summed E-state index contributed by atoms with van der Waals surface area (Å²) in [6, 6.07) is 3.26. The number of carbonyl (C=O) groups is 1. The van der Waals surface area contributed by atoms with Crippen LogP contribution in [0, 0.1) is 6.92 Å². The molecule has 0 amide bonds. The summed E-state index contributed by atoms with van der Waals surface area (Å²) in [5.74, 6) is 0.184. The second-order valence-electron chi connectivity index (χ2n) is 3.04. The summed E-state index contributed by atoms with van der Waals surface area (Å²) in [4.78, 5) is 11.2. The van der Waals surface area contributed by atoms with Crippen LogP contribution in [0.15, 0.2) is 16.5 Å². The third-order valence-corrected chi connectivity index (χ3v) is 2.13. The number of aryl methyl sites for hydroxylation is 1. The van der Waals surface area contributed by atoms with E-state index in [0.717, 1.165) is 0 Å². The Balaban J connectivity index is 2.99. The van der Waals surface area contributed by atoms with Gasteiger partial charge in [-0.2, -0.15) is 0 Å². The van der Waals surface area contributed by atoms with Gasteiger partial charge in [0.2, 0.25) is 0 Å². The number of carbonyl (C=O) groups excluding carboxylic acids is 1. The molecule has 0 saturated heterocycles. The monoisotopic (exact) mass is 202 g/mol. The van der Waals surface area contributed by atoms with Gasteiger partial charge in [0.05, 0.1) is 5.88 Å². The molecule has 13 heavy (non-hydrogen) atoms. The first kappa shape index (κ1) is 10.3. The third kappa shape index (κ3) is 1.92. The number of aliphatic hydroxyl groups is 1. The lowest BCUT2D eigenvalue weighted by molar-refractivity contribution is -0.135. The molecule has 0 aliphatic carbocycles. The molecule has 1 atom stereocenters. The van der Waals surface area contributed by atoms with Crippen molar-refractivity contribution in [2.45, 2.75) is 19.4 Å². The Morgan fingerprint density at radius 2 is 2.31 bits per heavy atom. The Bertz CT molecular complexity index is 314. The number of furan rings is 1. The summed E-state index contributed by atoms with van der Waals surface area (Å²) < 4.78 is 5.14. The minimum Gasteiger partial charge on any atom is -0.463 e. The van der Waals surface area contributed by atoms with E-state index in [1.807, 2.05) is 0 Å². The molecule has 0 saturated carbocycles. The van der Waals surface area contributed by atoms with E-state index < -0.39 is 11.4 Å². The van der Waals surface area contributed by atoms with Crippen LogP contribution in [0.1, 0.15) is 18.4 Å². The number of halogens is 1. The highest BCUT2D eigenvalue weighted by atomic mass is 35.5. The Morgan fingerprint density at radius 1 is 1.69 bits per heavy atom. The van der Waals surface area contributed by atoms with Crippen LogP contribution >= 0.6 is 11.6 Å². The second-order valence-corrected chi connectivity index (χ2v) is 3.31. The van der Waals surface area contributed by atoms with Gasteiger partial charge in [0.15, 0.2) is 11.4 Å². The van der Waals surface area contributed by atoms with Crippen LogP contribution < -0.4 is 0 Å². The van der Waals surface area contributed by atoms with E-state index in [0.29, 0.717) is 5.76 Å². The molecule has 4 heteroatoms. The van der Waals surface area contributed by atoms with Crippen LogP contribution in [-0.2, 0) is 10.4 Å². The molecule has 1 rings (SSSR count). The number of hydrogen-bond donors (Lipinski definition) is 1. The Morgan fingerprint density at radius 3 is 2.69 bits per heavy atom. The highest BCUT2D eigenvalue weighted by Crippen LogP contribution is 2.24. The summed E-state index contributed by atoms with van der Waals surface area (Å²) in [6.07, 6.45) is 0. The average Bonchev–Trinajstić information content (AvgIpc) is 2.50. The molecule has 1 N–H and O–H groups in total. The van der Waals surface area contributed by atoms with Gasteiger partial charge in [-0.05, 0) is 26.0 Å². The first-order valence-corrected chi connectivity index (χ1v) is 4.40. The summed E-state index contributed by atoms with van der Waals surface area (Å²) >= 11 is 5.34. The van der Waals surface area contributed by atoms with Gasteiger partial charge in [-0.25, -0.2) is 0 Å². The van der Waals surface area contributed by atoms with Gasteiger partial charge in [-0.15, -0.1) is 11.6 Å². The largest absolute Gasteiger partial charge is 0.463 e. The summed E-state index contributed by atoms with van der Waals surface area (Å²) in [6.45, 7) is 3.11. The minimum atomic E-state index is -1.62. The quantitative estimate of drug-likeness (QED) is 0.758. The van der Waals surface area contributed by atoms with Crippen molar-refractivity contribution in [2.24, 2.45) is 0 Å². The number of ketones is 1. The van der Waals surface area contributed by atoms with Crippen LogP contribution in [0.2, 0.25) is 0 Å². The maximum atomic E-state index is 11.2. The highest BCUT2D eigenvalue weighted by Gasteiger charge is 2.34. The lowest BCUT2D eigenvalue weighted by Gasteiger charge is -2.17. The van der Waals surface area contributed by atoms with Crippen molar-refractivity contribution < 1.29 is 14.3 Å². The molecule has 1 aromatic heterocycles. The van der Waals surface area contributed by atoms with Crippen molar-refractivity contribution in [1.82, 2.24) is 0 Å². The van der Waals surface area contributed by atoms with E-state index in [1.165, 1.54) is 6.92 Å². The molecular weight excluding hydrogens is 192 g/mol. The fraction of sp³-hybridized carbons (Fsp3) is 0.444. The smallest absolute Gasteiger partial charge is 0.186 e. The molecule has 0 spiro atoms. The zero-order chi connectivity index (χ0) is 10.1. The van der Waals surface area contributed by atoms with Crippen molar-refractivity contribution in [3.63, 3.8) is 0 Å². The normalized spacial score (nSPS) is 15.4. The third-order valence-electron chi connectivity index (χ3n) is 1.88. The highest BCUT2D eigenvalue weighted by molar-refractivity contribution is 6.28. The standard InChI is InChI=1S/C9H11ClO3/c1-6-3-4-8(13-6)9(2,12)7(11)5-10/h3-4,12H,5H2,1-2H3. The van der Waals surface area contributed by atoms with Crippen molar-refractivity contribution in [3.05, 3.63) is 23.7 Å². The Kier molecular flexibility index (Phi) is 2.78. The molecule has 0 aliphatic rings. The van der Waals surface area contributed by atoms with Crippen LogP contribution in [0.25, 0.3) is 0 Å². The summed E-state index contributed by atoms with van der Waals surface area (Å²) in [7, 11) is 0. The van der Waals surface area contributed by atoms with E-state index in [-0.39, 0.29) is 11.6 Å². The van der Waals surface area contributed by atoms with E-state index in [2.05, 4.69) is 0 Å². The number of rotatable bonds is 3. The first-order valence-electron chi connectivity index (χ1n) is 3.87. The van der Waals surface area contributed by atoms with Crippen LogP contribution in [-0.4, -0.2) is 16.8 Å². The zero-order valence-corrected chi connectivity index (χ0v) is 8.26. The predicted octanol–water partition coefficient (Wildman–Crippen LogP) is 1.60. The van der Waals surface area contributed by atoms with Gasteiger partial charge in [0.1, 0.15) is 11.5 Å². The van der Waals surface area contributed by atoms with Crippen LogP contribution in [0.3, 0.4) is 0 Å². The summed E-state index contributed by atoms with van der Waals surface area (Å²) in [5.41, 5.74) is -1.62. The van der Waals surface area contributed by atoms with Crippen molar-refractivity contribution in [1.29, 1.82) is 0 Å². The molecule has 3 nitrogen and oxygen atoms in total. The first-order chi connectivity index (χ1) is 5.98. The van der Waals surface area contributed by atoms with Gasteiger partial charge < -0.3 is 9.52 Å². The van der Waals surface area contributed by atoms with E-state index >= 15 is 0 Å². The van der Waals surface area contributed by atoms with Crippen molar-refractivity contribution in [3.8, 4) is 0 Å². The van der Waals surface area contributed by atoms with Gasteiger partial charge >= 0.3 is 0 Å². The molecule has 0 aliphatic heterocycles. The van der Waals surface area contributed by atoms with Gasteiger partial charge in [-0.1, -0.05) is 0 Å². The minimum absolute atomic E-state index is 0.229. The SMILES string of the molecule is Cc1ccc(C(C)(O)C(=O)CCl)o1. The van der Waals surface area contributed by atoms with Gasteiger partial charge in [0.25, 0.3) is 0 Å². The fourth-order valence-corrected chi connectivity index (χ4v) is 1.22. The molecule has 0 aromatic carbocycles. The summed E-state index contributed by atoms with van der Waals surface area (Å²) in [5, 5.41) is 9.74. The zero-order valence-electron chi connectivity index (χ0n) is 7.50. The maximum absolute atomic E-state index is 11.2. The Hall–Kier alpha value is -0.800. The topological polar surface area (TPSA) is 50.4 Å². The predicted molar refractivity (Wildman–Crippen MR) is 48.7 cm³/mol. The maximum Gasteiger partial charge on any atom is 0.186 e. The van der Waals surface area contributed by atoms with Crippen molar-refractivity contribution in [2.75, 3.05) is 5.88 Å². The van der Waals surface area contributed by atoms with E-state index in [1.54, 1.807) is 19.1 Å². The van der Waals surface area contributed by atoms with Crippen LogP contribution in [0.5, 0.6) is 0 Å². The second kappa shape index (κ2) is 3.52. The van der Waals surface area contributed by atoms with Crippen LogP contribution in [0.4, 0.5) is 0 Å². The molecule has 0 bridgehead atoms. The van der Waals surface area contributed by atoms with Gasteiger partial charge in [-0.3, -0.25) is 4.79 Å². The van der Waals surface area contributed by atoms with E-state index in [4.69, 9.17) is 16.0 Å². The van der Waals surface area contributed by atoms with E-state index in [9.17, 15) is 9.90 Å². The number of Topliss-reactive ketones (excluding diaryl/α,β-unsaturated/α-hetero) is 1. The van der Waals surface area contributed by atoms with Crippen molar-refractivity contribution >= 4 is 17.4 Å². The lowest BCUT2D eigenvalue weighted by Crippen LogP contribution is -2.32. The molecule has 72 valence electrons. The van der Waals surface area contributed by atoms with Gasteiger partial charge in [0, 0.05) is 0 Å². The number of alkyl halides is 1. The average molecular weight is 203 g/mol. The molecule has 1 unspecified atom stereocenters. The number of hydrogen-bond acceptors (Lipinski definition) is 3. The lowest BCUT2D eigenvalue weighted by atomic mass is 9.99. The molecular formula is C9H11ClO3. The fourth-order valence-electron chi connectivity index (χ4n) is 0.964.